The van der Waals surface area contributed by atoms with Gasteiger partial charge in [0.15, 0.2) is 0 Å². The minimum absolute atomic E-state index is 0.0653. The molecule has 0 atom stereocenters. The second-order valence-corrected chi connectivity index (χ2v) is 7.17. The first-order chi connectivity index (χ1) is 12.1. The van der Waals surface area contributed by atoms with Crippen molar-refractivity contribution in [3.63, 3.8) is 0 Å². The number of hydrogen-bond acceptors (Lipinski definition) is 3. The molecule has 0 N–H and O–H groups in total. The number of carbonyl (C=O) groups is 2. The molecular formula is C19H21FN2O2S. The van der Waals surface area contributed by atoms with E-state index in [0.29, 0.717) is 38.2 Å². The summed E-state index contributed by atoms with van der Waals surface area (Å²) < 4.78 is 13.7. The Morgan fingerprint density at radius 3 is 2.24 bits per heavy atom. The van der Waals surface area contributed by atoms with Crippen LogP contribution in [-0.2, 0) is 22.4 Å². The Hall–Kier alpha value is -2.21. The first-order valence-electron chi connectivity index (χ1n) is 8.45. The number of halogens is 1. The van der Waals surface area contributed by atoms with Crippen molar-refractivity contribution in [3.8, 4) is 0 Å². The van der Waals surface area contributed by atoms with Crippen molar-refractivity contribution in [2.24, 2.45) is 0 Å². The van der Waals surface area contributed by atoms with Crippen LogP contribution in [0.3, 0.4) is 0 Å². The number of nitrogens with zero attached hydrogens (tertiary/aromatic N) is 2. The van der Waals surface area contributed by atoms with E-state index in [9.17, 15) is 14.0 Å². The molecule has 0 unspecified atom stereocenters. The summed E-state index contributed by atoms with van der Waals surface area (Å²) >= 11 is 1.58. The van der Waals surface area contributed by atoms with Crippen LogP contribution in [0.1, 0.15) is 16.9 Å². The zero-order chi connectivity index (χ0) is 17.6. The van der Waals surface area contributed by atoms with Crippen molar-refractivity contribution >= 4 is 23.2 Å². The van der Waals surface area contributed by atoms with E-state index >= 15 is 0 Å². The summed E-state index contributed by atoms with van der Waals surface area (Å²) in [7, 11) is 0. The van der Waals surface area contributed by atoms with Gasteiger partial charge in [0.25, 0.3) is 0 Å². The molecule has 2 heterocycles. The first-order valence-corrected chi connectivity index (χ1v) is 9.33. The van der Waals surface area contributed by atoms with Gasteiger partial charge in [-0.1, -0.05) is 24.3 Å². The number of thiophene rings is 1. The van der Waals surface area contributed by atoms with E-state index in [1.165, 1.54) is 6.07 Å². The Labute approximate surface area is 150 Å². The number of benzene rings is 1. The zero-order valence-electron chi connectivity index (χ0n) is 14.0. The van der Waals surface area contributed by atoms with E-state index < -0.39 is 0 Å². The first kappa shape index (κ1) is 17.6. The van der Waals surface area contributed by atoms with E-state index in [4.69, 9.17) is 0 Å². The number of hydrogen-bond donors (Lipinski definition) is 0. The largest absolute Gasteiger partial charge is 0.341 e. The lowest BCUT2D eigenvalue weighted by atomic mass is 10.1. The van der Waals surface area contributed by atoms with Gasteiger partial charge < -0.3 is 9.80 Å². The van der Waals surface area contributed by atoms with E-state index in [-0.39, 0.29) is 24.1 Å². The maximum Gasteiger partial charge on any atom is 0.227 e. The van der Waals surface area contributed by atoms with E-state index in [1.54, 1.807) is 34.4 Å². The second kappa shape index (κ2) is 8.25. The van der Waals surface area contributed by atoms with Crippen molar-refractivity contribution in [1.82, 2.24) is 9.80 Å². The molecule has 1 aliphatic heterocycles. The minimum atomic E-state index is -0.349. The van der Waals surface area contributed by atoms with Gasteiger partial charge in [0.2, 0.25) is 11.8 Å². The van der Waals surface area contributed by atoms with Gasteiger partial charge >= 0.3 is 0 Å². The van der Waals surface area contributed by atoms with Crippen molar-refractivity contribution in [2.75, 3.05) is 26.2 Å². The van der Waals surface area contributed by atoms with E-state index in [1.807, 2.05) is 22.4 Å². The van der Waals surface area contributed by atoms with Gasteiger partial charge in [-0.15, -0.1) is 11.3 Å². The second-order valence-electron chi connectivity index (χ2n) is 6.14. The zero-order valence-corrected chi connectivity index (χ0v) is 14.8. The van der Waals surface area contributed by atoms with Crippen LogP contribution in [-0.4, -0.2) is 47.8 Å². The van der Waals surface area contributed by atoms with E-state index in [0.717, 1.165) is 11.3 Å². The molecule has 1 aliphatic rings. The third kappa shape index (κ3) is 4.66. The Morgan fingerprint density at radius 1 is 0.920 bits per heavy atom. The molecule has 132 valence electrons. The molecule has 2 aromatic rings. The molecule has 4 nitrogen and oxygen atoms in total. The molecule has 1 fully saturated rings. The third-order valence-corrected chi connectivity index (χ3v) is 5.28. The number of amides is 2. The summed E-state index contributed by atoms with van der Waals surface area (Å²) in [6.45, 7) is 2.31. The highest BCUT2D eigenvalue weighted by Gasteiger charge is 2.22. The number of carbonyl (C=O) groups excluding carboxylic acids is 2. The Kier molecular flexibility index (Phi) is 5.81. The highest BCUT2D eigenvalue weighted by Crippen LogP contribution is 2.14. The number of rotatable bonds is 4. The highest BCUT2D eigenvalue weighted by molar-refractivity contribution is 7.10. The summed E-state index contributed by atoms with van der Waals surface area (Å²) in [5, 5.41) is 1.97. The Bertz CT molecular complexity index is 733. The Morgan fingerprint density at radius 2 is 1.60 bits per heavy atom. The molecule has 0 bridgehead atoms. The molecule has 0 saturated carbocycles. The molecule has 3 rings (SSSR count). The summed E-state index contributed by atoms with van der Waals surface area (Å²) in [6.07, 6.45) is 1.23. The van der Waals surface area contributed by atoms with Gasteiger partial charge in [-0.25, -0.2) is 4.39 Å². The van der Waals surface area contributed by atoms with Crippen LogP contribution in [0, 0.1) is 5.82 Å². The van der Waals surface area contributed by atoms with Crippen molar-refractivity contribution < 1.29 is 14.0 Å². The van der Waals surface area contributed by atoms with E-state index in [2.05, 4.69) is 0 Å². The van der Waals surface area contributed by atoms with Crippen LogP contribution in [0.15, 0.2) is 41.8 Å². The van der Waals surface area contributed by atoms with Crippen LogP contribution in [0.25, 0.3) is 0 Å². The Balaban J connectivity index is 1.55. The molecule has 6 heteroatoms. The quantitative estimate of drug-likeness (QED) is 0.841. The van der Waals surface area contributed by atoms with Gasteiger partial charge in [-0.2, -0.15) is 0 Å². The van der Waals surface area contributed by atoms with Crippen LogP contribution in [0.5, 0.6) is 0 Å². The molecule has 1 saturated heterocycles. The molecule has 0 spiro atoms. The fourth-order valence-electron chi connectivity index (χ4n) is 3.01. The summed E-state index contributed by atoms with van der Waals surface area (Å²) in [6, 6.07) is 10.3. The van der Waals surface area contributed by atoms with Gasteiger partial charge in [-0.3, -0.25) is 9.59 Å². The predicted molar refractivity (Wildman–Crippen MR) is 95.9 cm³/mol. The van der Waals surface area contributed by atoms with Gasteiger partial charge in [-0.05, 0) is 29.5 Å². The maximum absolute atomic E-state index is 13.7. The average molecular weight is 360 g/mol. The molecule has 0 aliphatic carbocycles. The predicted octanol–water partition coefficient (Wildman–Crippen LogP) is 2.73. The van der Waals surface area contributed by atoms with Crippen LogP contribution < -0.4 is 0 Å². The van der Waals surface area contributed by atoms with Gasteiger partial charge in [0, 0.05) is 31.1 Å². The molecule has 2 amide bonds. The highest BCUT2D eigenvalue weighted by atomic mass is 32.1. The lowest BCUT2D eigenvalue weighted by Gasteiger charge is -2.22. The third-order valence-electron chi connectivity index (χ3n) is 4.41. The molecular weight excluding hydrogens is 339 g/mol. The lowest BCUT2D eigenvalue weighted by molar-refractivity contribution is -0.132. The van der Waals surface area contributed by atoms with Crippen molar-refractivity contribution in [3.05, 3.63) is 58.0 Å². The molecule has 1 aromatic carbocycles. The average Bonchev–Trinajstić information content (AvgIpc) is 2.98. The minimum Gasteiger partial charge on any atom is -0.341 e. The molecule has 25 heavy (non-hydrogen) atoms. The SMILES string of the molecule is O=C(Cc1cccs1)N1CCCN(C(=O)Cc2ccccc2F)CC1. The summed E-state index contributed by atoms with van der Waals surface area (Å²) in [5.41, 5.74) is 0.419. The van der Waals surface area contributed by atoms with Crippen molar-refractivity contribution in [1.29, 1.82) is 0 Å². The van der Waals surface area contributed by atoms with Crippen LogP contribution in [0.2, 0.25) is 0 Å². The maximum atomic E-state index is 13.7. The molecule has 0 radical (unpaired) electrons. The normalized spacial score (nSPS) is 15.1. The smallest absolute Gasteiger partial charge is 0.227 e. The molecule has 1 aromatic heterocycles. The lowest BCUT2D eigenvalue weighted by Crippen LogP contribution is -2.38. The monoisotopic (exact) mass is 360 g/mol. The fraction of sp³-hybridized carbons (Fsp3) is 0.368. The van der Waals surface area contributed by atoms with Crippen LogP contribution >= 0.6 is 11.3 Å². The van der Waals surface area contributed by atoms with Crippen molar-refractivity contribution in [2.45, 2.75) is 19.3 Å². The van der Waals surface area contributed by atoms with Crippen LogP contribution in [0.4, 0.5) is 4.39 Å². The topological polar surface area (TPSA) is 40.6 Å². The summed E-state index contributed by atoms with van der Waals surface area (Å²) in [4.78, 5) is 29.5. The van der Waals surface area contributed by atoms with Gasteiger partial charge in [0.1, 0.15) is 5.82 Å². The van der Waals surface area contributed by atoms with Gasteiger partial charge in [0.05, 0.1) is 12.8 Å². The fourth-order valence-corrected chi connectivity index (χ4v) is 3.70. The standard InChI is InChI=1S/C19H21FN2O2S/c20-17-7-2-1-5-15(17)13-18(23)21-8-4-9-22(11-10-21)19(24)14-16-6-3-12-25-16/h1-3,5-7,12H,4,8-11,13-14H2. The summed E-state index contributed by atoms with van der Waals surface area (Å²) in [5.74, 6) is -0.332.